The van der Waals surface area contributed by atoms with Crippen molar-refractivity contribution in [2.45, 2.75) is 24.1 Å². The molecule has 2 atom stereocenters. The number of hydrogen-bond acceptors (Lipinski definition) is 4. The van der Waals surface area contributed by atoms with E-state index in [-0.39, 0.29) is 0 Å². The van der Waals surface area contributed by atoms with E-state index in [1.807, 2.05) is 6.07 Å². The van der Waals surface area contributed by atoms with E-state index < -0.39 is 23.1 Å². The fraction of sp³-hybridized carbons (Fsp3) is 0.625. The molecule has 1 heterocycles. The molecule has 0 saturated carbocycles. The second kappa shape index (κ2) is 4.33. The van der Waals surface area contributed by atoms with Crippen LogP contribution in [0.5, 0.6) is 0 Å². The zero-order chi connectivity index (χ0) is 10.7. The molecule has 76 valence electrons. The Bertz CT molecular complexity index is 299. The predicted octanol–water partition coefficient (Wildman–Crippen LogP) is -0.715. The van der Waals surface area contributed by atoms with Crippen molar-refractivity contribution in [2.75, 3.05) is 6.54 Å². The molecule has 2 amide bonds. The first-order valence-corrected chi connectivity index (χ1v) is 4.77. The summed E-state index contributed by atoms with van der Waals surface area (Å²) in [6, 6.07) is 1.57. The van der Waals surface area contributed by atoms with E-state index in [0.717, 1.165) is 6.42 Å². The quantitative estimate of drug-likeness (QED) is 0.469. The van der Waals surface area contributed by atoms with E-state index in [0.29, 0.717) is 13.0 Å². The fourth-order valence-electron chi connectivity index (χ4n) is 1.44. The smallest absolute Gasteiger partial charge is 0.246 e. The van der Waals surface area contributed by atoms with Gasteiger partial charge in [-0.1, -0.05) is 0 Å². The van der Waals surface area contributed by atoms with Gasteiger partial charge in [-0.05, 0) is 12.8 Å². The molecular weight excluding hydrogens is 202 g/mol. The molecule has 0 aromatic rings. The van der Waals surface area contributed by atoms with Gasteiger partial charge < -0.3 is 10.6 Å². The first kappa shape index (κ1) is 10.9. The number of nitrogens with two attached hydrogens (primary N) is 1. The van der Waals surface area contributed by atoms with Crippen molar-refractivity contribution in [3.63, 3.8) is 0 Å². The molecule has 6 heteroatoms. The largest absolute Gasteiger partial charge is 0.368 e. The van der Waals surface area contributed by atoms with Gasteiger partial charge in [0.1, 0.15) is 6.04 Å². The summed E-state index contributed by atoms with van der Waals surface area (Å²) >= 11 is 3.80. The van der Waals surface area contributed by atoms with Crippen LogP contribution < -0.4 is 5.73 Å². The van der Waals surface area contributed by atoms with Gasteiger partial charge in [0.15, 0.2) is 5.25 Å². The molecule has 1 fully saturated rings. The molecular formula is C8H11N3O2S. The van der Waals surface area contributed by atoms with Crippen molar-refractivity contribution in [1.29, 1.82) is 5.26 Å². The molecule has 1 aliphatic rings. The van der Waals surface area contributed by atoms with Gasteiger partial charge in [0.2, 0.25) is 11.8 Å². The van der Waals surface area contributed by atoms with E-state index in [2.05, 4.69) is 12.6 Å². The number of rotatable bonds is 2. The summed E-state index contributed by atoms with van der Waals surface area (Å²) in [6.45, 7) is 0.501. The highest BCUT2D eigenvalue weighted by atomic mass is 32.1. The summed E-state index contributed by atoms with van der Waals surface area (Å²) in [7, 11) is 0. The van der Waals surface area contributed by atoms with Crippen LogP contribution in [0.4, 0.5) is 0 Å². The number of primary amides is 1. The van der Waals surface area contributed by atoms with Gasteiger partial charge in [-0.2, -0.15) is 17.9 Å². The lowest BCUT2D eigenvalue weighted by Gasteiger charge is -2.21. The maximum absolute atomic E-state index is 11.6. The Morgan fingerprint density at radius 1 is 1.64 bits per heavy atom. The zero-order valence-corrected chi connectivity index (χ0v) is 8.41. The molecule has 1 aliphatic heterocycles. The summed E-state index contributed by atoms with van der Waals surface area (Å²) in [6.07, 6.45) is 1.44. The lowest BCUT2D eigenvalue weighted by Crippen LogP contribution is -2.44. The Hall–Kier alpha value is -1.22. The van der Waals surface area contributed by atoms with Crippen molar-refractivity contribution in [3.8, 4) is 6.07 Å². The highest BCUT2D eigenvalue weighted by molar-refractivity contribution is 7.82. The van der Waals surface area contributed by atoms with Crippen LogP contribution in [0.25, 0.3) is 0 Å². The minimum absolute atomic E-state index is 0.434. The lowest BCUT2D eigenvalue weighted by atomic mass is 10.2. The molecule has 2 unspecified atom stereocenters. The highest BCUT2D eigenvalue weighted by Gasteiger charge is 2.33. The summed E-state index contributed by atoms with van der Waals surface area (Å²) in [4.78, 5) is 23.6. The van der Waals surface area contributed by atoms with Gasteiger partial charge in [0.25, 0.3) is 0 Å². The molecule has 0 aromatic heterocycles. The van der Waals surface area contributed by atoms with E-state index in [1.54, 1.807) is 0 Å². The van der Waals surface area contributed by atoms with Crippen molar-refractivity contribution >= 4 is 24.4 Å². The minimum atomic E-state index is -1.14. The maximum atomic E-state index is 11.6. The zero-order valence-electron chi connectivity index (χ0n) is 7.51. The van der Waals surface area contributed by atoms with Crippen LogP contribution in [0, 0.1) is 11.3 Å². The average molecular weight is 213 g/mol. The summed E-state index contributed by atoms with van der Waals surface area (Å²) < 4.78 is 0. The number of likely N-dealkylation sites (tertiary alicyclic amines) is 1. The lowest BCUT2D eigenvalue weighted by molar-refractivity contribution is -0.134. The van der Waals surface area contributed by atoms with Gasteiger partial charge in [0.05, 0.1) is 6.07 Å². The summed E-state index contributed by atoms with van der Waals surface area (Å²) in [5.74, 6) is -1.24. The molecule has 1 saturated heterocycles. The van der Waals surface area contributed by atoms with Crippen LogP contribution in [-0.4, -0.2) is 34.6 Å². The SMILES string of the molecule is N#CC1CCCN1C(=O)C(S)C(N)=O. The number of nitriles is 1. The minimum Gasteiger partial charge on any atom is -0.368 e. The maximum Gasteiger partial charge on any atom is 0.246 e. The van der Waals surface area contributed by atoms with Crippen LogP contribution in [0.3, 0.4) is 0 Å². The Balaban J connectivity index is 2.70. The standard InChI is InChI=1S/C8H11N3O2S/c9-4-5-2-1-3-11(5)8(13)6(14)7(10)12/h5-6,14H,1-3H2,(H2,10,12). The highest BCUT2D eigenvalue weighted by Crippen LogP contribution is 2.18. The third-order valence-electron chi connectivity index (χ3n) is 2.19. The van der Waals surface area contributed by atoms with E-state index in [4.69, 9.17) is 11.0 Å². The van der Waals surface area contributed by atoms with E-state index >= 15 is 0 Å². The van der Waals surface area contributed by atoms with Gasteiger partial charge in [-0.15, -0.1) is 0 Å². The van der Waals surface area contributed by atoms with Gasteiger partial charge in [0, 0.05) is 6.54 Å². The second-order valence-electron chi connectivity index (χ2n) is 3.12. The Kier molecular flexibility index (Phi) is 3.36. The number of hydrogen-bond donors (Lipinski definition) is 2. The van der Waals surface area contributed by atoms with Crippen molar-refractivity contribution in [3.05, 3.63) is 0 Å². The number of amides is 2. The second-order valence-corrected chi connectivity index (χ2v) is 3.64. The molecule has 0 aliphatic carbocycles. The molecule has 0 aromatic carbocycles. The molecule has 0 radical (unpaired) electrons. The third kappa shape index (κ3) is 1.99. The fourth-order valence-corrected chi connectivity index (χ4v) is 1.59. The molecule has 0 spiro atoms. The first-order chi connectivity index (χ1) is 6.57. The first-order valence-electron chi connectivity index (χ1n) is 4.25. The Morgan fingerprint density at radius 2 is 2.29 bits per heavy atom. The molecule has 5 nitrogen and oxygen atoms in total. The van der Waals surface area contributed by atoms with E-state index in [1.165, 1.54) is 4.90 Å². The number of nitrogens with zero attached hydrogens (tertiary/aromatic N) is 2. The average Bonchev–Trinajstić information content (AvgIpc) is 2.62. The summed E-state index contributed by atoms with van der Waals surface area (Å²) in [5, 5.41) is 7.59. The van der Waals surface area contributed by atoms with Crippen LogP contribution in [0.1, 0.15) is 12.8 Å². The topological polar surface area (TPSA) is 87.2 Å². The molecule has 0 bridgehead atoms. The van der Waals surface area contributed by atoms with Gasteiger partial charge in [-0.3, -0.25) is 9.59 Å². The van der Waals surface area contributed by atoms with Crippen LogP contribution in [0.2, 0.25) is 0 Å². The Labute approximate surface area is 87.3 Å². The Morgan fingerprint density at radius 3 is 2.79 bits per heavy atom. The molecule has 14 heavy (non-hydrogen) atoms. The molecule has 2 N–H and O–H groups in total. The monoisotopic (exact) mass is 213 g/mol. The van der Waals surface area contributed by atoms with Crippen LogP contribution >= 0.6 is 12.6 Å². The normalized spacial score (nSPS) is 22.9. The van der Waals surface area contributed by atoms with Crippen LogP contribution in [0.15, 0.2) is 0 Å². The number of carbonyl (C=O) groups excluding carboxylic acids is 2. The number of carbonyl (C=O) groups is 2. The predicted molar refractivity (Wildman–Crippen MR) is 52.3 cm³/mol. The van der Waals surface area contributed by atoms with Crippen molar-refractivity contribution in [2.24, 2.45) is 5.73 Å². The van der Waals surface area contributed by atoms with Crippen LogP contribution in [-0.2, 0) is 9.59 Å². The van der Waals surface area contributed by atoms with E-state index in [9.17, 15) is 9.59 Å². The molecule has 1 rings (SSSR count). The summed E-state index contributed by atoms with van der Waals surface area (Å²) in [5.41, 5.74) is 4.95. The van der Waals surface area contributed by atoms with Crippen molar-refractivity contribution in [1.82, 2.24) is 4.90 Å². The van der Waals surface area contributed by atoms with Crippen molar-refractivity contribution < 1.29 is 9.59 Å². The van der Waals surface area contributed by atoms with Gasteiger partial charge in [-0.25, -0.2) is 0 Å². The van der Waals surface area contributed by atoms with Gasteiger partial charge >= 0.3 is 0 Å². The third-order valence-corrected chi connectivity index (χ3v) is 2.66. The number of thiol groups is 1.